The fourth-order valence-electron chi connectivity index (χ4n) is 3.00. The van der Waals surface area contributed by atoms with Gasteiger partial charge in [0.25, 0.3) is 0 Å². The van der Waals surface area contributed by atoms with Crippen molar-refractivity contribution in [1.29, 1.82) is 0 Å². The largest absolute Gasteiger partial charge is 0.493 e. The van der Waals surface area contributed by atoms with E-state index < -0.39 is 33.7 Å². The molecule has 3 heterocycles. The monoisotopic (exact) mass is 400 g/mol. The van der Waals surface area contributed by atoms with Gasteiger partial charge in [0.2, 0.25) is 15.9 Å². The summed E-state index contributed by atoms with van der Waals surface area (Å²) in [7, 11) is -3.73. The maximum absolute atomic E-state index is 13.0. The third-order valence-electron chi connectivity index (χ3n) is 4.47. The first kappa shape index (κ1) is 18.1. The minimum absolute atomic E-state index is 0.0379. The molecule has 1 saturated heterocycles. The van der Waals surface area contributed by atoms with Crippen molar-refractivity contribution in [2.75, 3.05) is 19.7 Å². The van der Waals surface area contributed by atoms with Gasteiger partial charge in [-0.3, -0.25) is 0 Å². The van der Waals surface area contributed by atoms with Crippen molar-refractivity contribution in [3.05, 3.63) is 47.7 Å². The SMILES string of the molecule is O=S(=O)(c1ccc2c(c1)CCO2)N1CC(Oc2ncccc2C(F)(F)F)C1. The Labute approximate surface area is 153 Å². The zero-order valence-corrected chi connectivity index (χ0v) is 14.8. The van der Waals surface area contributed by atoms with Gasteiger partial charge in [0.15, 0.2) is 0 Å². The molecule has 144 valence electrons. The molecule has 2 aliphatic rings. The van der Waals surface area contributed by atoms with Crippen LogP contribution in [-0.4, -0.2) is 43.5 Å². The molecule has 10 heteroatoms. The number of hydrogen-bond donors (Lipinski definition) is 0. The van der Waals surface area contributed by atoms with Crippen LogP contribution in [-0.2, 0) is 22.6 Å². The highest BCUT2D eigenvalue weighted by Gasteiger charge is 2.41. The summed E-state index contributed by atoms with van der Waals surface area (Å²) in [6, 6.07) is 6.71. The van der Waals surface area contributed by atoms with Crippen LogP contribution in [0.25, 0.3) is 0 Å². The highest BCUT2D eigenvalue weighted by molar-refractivity contribution is 7.89. The molecule has 0 radical (unpaired) electrons. The molecule has 2 aliphatic heterocycles. The van der Waals surface area contributed by atoms with Crippen LogP contribution in [0.5, 0.6) is 11.6 Å². The zero-order chi connectivity index (χ0) is 19.2. The van der Waals surface area contributed by atoms with Gasteiger partial charge >= 0.3 is 6.18 Å². The van der Waals surface area contributed by atoms with Gasteiger partial charge in [0, 0.05) is 12.6 Å². The fraction of sp³-hybridized carbons (Fsp3) is 0.353. The van der Waals surface area contributed by atoms with Gasteiger partial charge in [-0.05, 0) is 35.9 Å². The minimum atomic E-state index is -4.59. The van der Waals surface area contributed by atoms with E-state index in [0.29, 0.717) is 18.8 Å². The second kappa shape index (κ2) is 6.38. The molecular weight excluding hydrogens is 385 g/mol. The smallest absolute Gasteiger partial charge is 0.421 e. The van der Waals surface area contributed by atoms with Crippen molar-refractivity contribution in [2.45, 2.75) is 23.6 Å². The Morgan fingerprint density at radius 2 is 2.00 bits per heavy atom. The molecule has 1 aromatic heterocycles. The first-order valence-electron chi connectivity index (χ1n) is 8.20. The second-order valence-electron chi connectivity index (χ2n) is 6.28. The molecule has 0 aliphatic carbocycles. The molecule has 2 aromatic rings. The fourth-order valence-corrected chi connectivity index (χ4v) is 4.56. The van der Waals surface area contributed by atoms with E-state index in [-0.39, 0.29) is 18.0 Å². The Morgan fingerprint density at radius 1 is 1.22 bits per heavy atom. The number of alkyl halides is 3. The lowest BCUT2D eigenvalue weighted by atomic mass is 10.2. The van der Waals surface area contributed by atoms with E-state index in [2.05, 4.69) is 4.98 Å². The van der Waals surface area contributed by atoms with Gasteiger partial charge in [0.1, 0.15) is 17.4 Å². The van der Waals surface area contributed by atoms with Crippen LogP contribution in [0.15, 0.2) is 41.4 Å². The maximum atomic E-state index is 13.0. The van der Waals surface area contributed by atoms with Crippen molar-refractivity contribution in [3.8, 4) is 11.6 Å². The number of benzene rings is 1. The predicted molar refractivity (Wildman–Crippen MR) is 88.1 cm³/mol. The van der Waals surface area contributed by atoms with Gasteiger partial charge in [-0.2, -0.15) is 17.5 Å². The van der Waals surface area contributed by atoms with Crippen LogP contribution in [0, 0.1) is 0 Å². The van der Waals surface area contributed by atoms with Gasteiger partial charge in [0.05, 0.1) is 24.6 Å². The summed E-state index contributed by atoms with van der Waals surface area (Å²) in [4.78, 5) is 3.77. The number of aromatic nitrogens is 1. The molecule has 0 spiro atoms. The van der Waals surface area contributed by atoms with Crippen molar-refractivity contribution >= 4 is 10.0 Å². The van der Waals surface area contributed by atoms with Crippen LogP contribution in [0.3, 0.4) is 0 Å². The molecule has 0 amide bonds. The molecule has 6 nitrogen and oxygen atoms in total. The van der Waals surface area contributed by atoms with Gasteiger partial charge in [-0.1, -0.05) is 0 Å². The van der Waals surface area contributed by atoms with E-state index in [9.17, 15) is 21.6 Å². The molecular formula is C17H15F3N2O4S. The second-order valence-corrected chi connectivity index (χ2v) is 8.22. The number of sulfonamides is 1. The molecule has 0 saturated carbocycles. The number of rotatable bonds is 4. The van der Waals surface area contributed by atoms with E-state index in [4.69, 9.17) is 9.47 Å². The van der Waals surface area contributed by atoms with E-state index in [1.165, 1.54) is 22.6 Å². The van der Waals surface area contributed by atoms with Crippen LogP contribution < -0.4 is 9.47 Å². The van der Waals surface area contributed by atoms with Crippen LogP contribution in [0.4, 0.5) is 13.2 Å². The number of pyridine rings is 1. The third-order valence-corrected chi connectivity index (χ3v) is 6.30. The lowest BCUT2D eigenvalue weighted by Gasteiger charge is -2.37. The summed E-state index contributed by atoms with van der Waals surface area (Å²) >= 11 is 0. The van der Waals surface area contributed by atoms with Crippen molar-refractivity contribution in [3.63, 3.8) is 0 Å². The number of hydrogen-bond acceptors (Lipinski definition) is 5. The first-order chi connectivity index (χ1) is 12.7. The number of nitrogens with zero attached hydrogens (tertiary/aromatic N) is 2. The summed E-state index contributed by atoms with van der Waals surface area (Å²) in [6.07, 6.45) is -3.44. The quantitative estimate of drug-likeness (QED) is 0.789. The zero-order valence-electron chi connectivity index (χ0n) is 13.9. The van der Waals surface area contributed by atoms with E-state index in [1.807, 2.05) is 0 Å². The van der Waals surface area contributed by atoms with Gasteiger partial charge < -0.3 is 9.47 Å². The predicted octanol–water partition coefficient (Wildman–Crippen LogP) is 2.49. The Kier molecular flexibility index (Phi) is 4.26. The standard InChI is InChI=1S/C17H15F3N2O4S/c18-17(19,20)14-2-1-6-21-16(14)26-12-9-22(10-12)27(23,24)13-3-4-15-11(8-13)5-7-25-15/h1-4,6,8,12H,5,7,9-10H2. The van der Waals surface area contributed by atoms with Crippen LogP contribution in [0.2, 0.25) is 0 Å². The van der Waals surface area contributed by atoms with Gasteiger partial charge in [-0.15, -0.1) is 0 Å². The van der Waals surface area contributed by atoms with Crippen molar-refractivity contribution in [1.82, 2.24) is 9.29 Å². The molecule has 1 aromatic carbocycles. The number of fused-ring (bicyclic) bond motifs is 1. The average Bonchev–Trinajstić information content (AvgIpc) is 3.04. The lowest BCUT2D eigenvalue weighted by Crippen LogP contribution is -2.56. The number of ether oxygens (including phenoxy) is 2. The summed E-state index contributed by atoms with van der Waals surface area (Å²) < 4.78 is 76.1. The molecule has 1 fully saturated rings. The Morgan fingerprint density at radius 3 is 2.74 bits per heavy atom. The summed E-state index contributed by atoms with van der Waals surface area (Å²) in [6.45, 7) is 0.442. The van der Waals surface area contributed by atoms with E-state index >= 15 is 0 Å². The van der Waals surface area contributed by atoms with E-state index in [1.54, 1.807) is 12.1 Å². The Hall–Kier alpha value is -2.33. The lowest BCUT2D eigenvalue weighted by molar-refractivity contribution is -0.140. The van der Waals surface area contributed by atoms with E-state index in [0.717, 1.165) is 11.6 Å². The molecule has 27 heavy (non-hydrogen) atoms. The molecule has 4 rings (SSSR count). The maximum Gasteiger partial charge on any atom is 0.421 e. The van der Waals surface area contributed by atoms with Crippen LogP contribution in [0.1, 0.15) is 11.1 Å². The molecule has 0 atom stereocenters. The number of halogens is 3. The third kappa shape index (κ3) is 3.34. The molecule has 0 N–H and O–H groups in total. The van der Waals surface area contributed by atoms with Crippen molar-refractivity contribution in [2.24, 2.45) is 0 Å². The Bertz CT molecular complexity index is 972. The Balaban J connectivity index is 1.45. The minimum Gasteiger partial charge on any atom is -0.493 e. The van der Waals surface area contributed by atoms with Crippen LogP contribution >= 0.6 is 0 Å². The topological polar surface area (TPSA) is 68.7 Å². The molecule has 0 bridgehead atoms. The summed E-state index contributed by atoms with van der Waals surface area (Å²) in [5.41, 5.74) is -0.155. The highest BCUT2D eigenvalue weighted by Crippen LogP contribution is 2.36. The summed E-state index contributed by atoms with van der Waals surface area (Å²) in [5, 5.41) is 0. The normalized spacial score (nSPS) is 17.9. The summed E-state index contributed by atoms with van der Waals surface area (Å²) in [5.74, 6) is 0.135. The first-order valence-corrected chi connectivity index (χ1v) is 9.64. The molecule has 0 unspecified atom stereocenters. The average molecular weight is 400 g/mol. The van der Waals surface area contributed by atoms with Crippen molar-refractivity contribution < 1.29 is 31.1 Å². The highest BCUT2D eigenvalue weighted by atomic mass is 32.2. The van der Waals surface area contributed by atoms with Gasteiger partial charge in [-0.25, -0.2) is 13.4 Å².